The topological polar surface area (TPSA) is 42.1 Å². The first kappa shape index (κ1) is 12.9. The predicted octanol–water partition coefficient (Wildman–Crippen LogP) is 4.38. The van der Waals surface area contributed by atoms with Crippen molar-refractivity contribution in [3.8, 4) is 11.3 Å². The molecule has 0 saturated carbocycles. The van der Waals surface area contributed by atoms with E-state index in [1.807, 2.05) is 42.5 Å². The Morgan fingerprint density at radius 1 is 1.15 bits per heavy atom. The molecule has 20 heavy (non-hydrogen) atoms. The van der Waals surface area contributed by atoms with E-state index in [1.54, 1.807) is 6.07 Å². The van der Waals surface area contributed by atoms with Gasteiger partial charge in [-0.3, -0.25) is 0 Å². The minimum atomic E-state index is -0.334. The van der Waals surface area contributed by atoms with Crippen LogP contribution >= 0.6 is 15.9 Å². The molecule has 0 aliphatic rings. The van der Waals surface area contributed by atoms with Gasteiger partial charge in [0.05, 0.1) is 22.8 Å². The number of para-hydroxylation sites is 1. The number of hydrogen-bond donors (Lipinski definition) is 1. The van der Waals surface area contributed by atoms with Gasteiger partial charge in [0.1, 0.15) is 0 Å². The van der Waals surface area contributed by atoms with Gasteiger partial charge in [0.2, 0.25) is 0 Å². The van der Waals surface area contributed by atoms with Gasteiger partial charge in [-0.05, 0) is 39.7 Å². The zero-order valence-corrected chi connectivity index (χ0v) is 12.4. The van der Waals surface area contributed by atoms with Crippen LogP contribution in [0.3, 0.4) is 0 Å². The Bertz CT molecular complexity index is 792. The van der Waals surface area contributed by atoms with Gasteiger partial charge in [0, 0.05) is 10.9 Å². The van der Waals surface area contributed by atoms with E-state index in [4.69, 9.17) is 4.74 Å². The molecule has 1 heterocycles. The Balaban J connectivity index is 2.16. The minimum Gasteiger partial charge on any atom is -0.465 e. The quantitative estimate of drug-likeness (QED) is 0.709. The van der Waals surface area contributed by atoms with Crippen molar-refractivity contribution in [3.63, 3.8) is 0 Å². The average Bonchev–Trinajstić information content (AvgIpc) is 2.84. The van der Waals surface area contributed by atoms with Crippen LogP contribution in [0, 0.1) is 0 Å². The lowest BCUT2D eigenvalue weighted by atomic mass is 10.1. The number of esters is 1. The number of halogens is 1. The lowest BCUT2D eigenvalue weighted by molar-refractivity contribution is 0.0601. The van der Waals surface area contributed by atoms with E-state index in [9.17, 15) is 4.79 Å². The summed E-state index contributed by atoms with van der Waals surface area (Å²) in [6, 6.07) is 15.4. The molecule has 0 aliphatic carbocycles. The van der Waals surface area contributed by atoms with Crippen molar-refractivity contribution >= 4 is 32.8 Å². The van der Waals surface area contributed by atoms with Crippen molar-refractivity contribution in [1.82, 2.24) is 4.98 Å². The predicted molar refractivity (Wildman–Crippen MR) is 82.8 cm³/mol. The molecule has 2 aromatic carbocycles. The maximum atomic E-state index is 11.6. The molecule has 4 heteroatoms. The fourth-order valence-electron chi connectivity index (χ4n) is 2.23. The number of fused-ring (bicyclic) bond motifs is 1. The highest BCUT2D eigenvalue weighted by molar-refractivity contribution is 9.10. The molecule has 0 unspecified atom stereocenters. The van der Waals surface area contributed by atoms with Crippen LogP contribution in [0.5, 0.6) is 0 Å². The van der Waals surface area contributed by atoms with Crippen molar-refractivity contribution in [2.75, 3.05) is 7.11 Å². The first-order chi connectivity index (χ1) is 9.70. The number of benzene rings is 2. The van der Waals surface area contributed by atoms with E-state index < -0.39 is 0 Å². The Morgan fingerprint density at radius 2 is 1.95 bits per heavy atom. The summed E-state index contributed by atoms with van der Waals surface area (Å²) in [4.78, 5) is 15.0. The number of carbonyl (C=O) groups excluding carboxylic acids is 1. The van der Waals surface area contributed by atoms with Crippen LogP contribution in [0.1, 0.15) is 10.4 Å². The van der Waals surface area contributed by atoms with E-state index >= 15 is 0 Å². The van der Waals surface area contributed by atoms with E-state index in [1.165, 1.54) is 7.11 Å². The monoisotopic (exact) mass is 329 g/mol. The standard InChI is InChI=1S/C16H12BrNO2/c1-20-16(19)11-6-4-5-10(9-11)15-14(17)12-7-2-3-8-13(12)18-15/h2-9,18H,1H3. The third kappa shape index (κ3) is 2.12. The van der Waals surface area contributed by atoms with Crippen molar-refractivity contribution in [2.45, 2.75) is 0 Å². The third-order valence-electron chi connectivity index (χ3n) is 3.22. The fourth-order valence-corrected chi connectivity index (χ4v) is 2.90. The van der Waals surface area contributed by atoms with Crippen molar-refractivity contribution < 1.29 is 9.53 Å². The molecule has 0 fully saturated rings. The van der Waals surface area contributed by atoms with Crippen LogP contribution in [0.4, 0.5) is 0 Å². The van der Waals surface area contributed by atoms with Crippen molar-refractivity contribution in [1.29, 1.82) is 0 Å². The molecule has 3 nitrogen and oxygen atoms in total. The Morgan fingerprint density at radius 3 is 2.70 bits per heavy atom. The maximum Gasteiger partial charge on any atom is 0.337 e. The van der Waals surface area contributed by atoms with Crippen molar-refractivity contribution in [2.24, 2.45) is 0 Å². The van der Waals surface area contributed by atoms with Crippen LogP contribution < -0.4 is 0 Å². The summed E-state index contributed by atoms with van der Waals surface area (Å²) in [6.45, 7) is 0. The van der Waals surface area contributed by atoms with Gasteiger partial charge in [0.15, 0.2) is 0 Å². The highest BCUT2D eigenvalue weighted by Gasteiger charge is 2.12. The number of rotatable bonds is 2. The smallest absolute Gasteiger partial charge is 0.337 e. The number of hydrogen-bond acceptors (Lipinski definition) is 2. The maximum absolute atomic E-state index is 11.6. The number of nitrogens with one attached hydrogen (secondary N) is 1. The van der Waals surface area contributed by atoms with Gasteiger partial charge < -0.3 is 9.72 Å². The Labute approximate surface area is 124 Å². The number of ether oxygens (including phenoxy) is 1. The SMILES string of the molecule is COC(=O)c1cccc(-c2[nH]c3ccccc3c2Br)c1. The number of carbonyl (C=O) groups is 1. The molecule has 1 N–H and O–H groups in total. The van der Waals surface area contributed by atoms with Crippen LogP contribution in [-0.2, 0) is 4.74 Å². The number of aromatic nitrogens is 1. The van der Waals surface area contributed by atoms with Crippen LogP contribution in [0.2, 0.25) is 0 Å². The molecule has 0 atom stereocenters. The molecular weight excluding hydrogens is 318 g/mol. The summed E-state index contributed by atoms with van der Waals surface area (Å²) >= 11 is 3.62. The molecule has 3 aromatic rings. The van der Waals surface area contributed by atoms with Gasteiger partial charge >= 0.3 is 5.97 Å². The molecule has 0 spiro atoms. The highest BCUT2D eigenvalue weighted by atomic mass is 79.9. The van der Waals surface area contributed by atoms with E-state index in [0.29, 0.717) is 5.56 Å². The molecule has 0 saturated heterocycles. The van der Waals surface area contributed by atoms with Crippen LogP contribution in [0.15, 0.2) is 53.0 Å². The molecule has 1 aromatic heterocycles. The van der Waals surface area contributed by atoms with Gasteiger partial charge in [-0.2, -0.15) is 0 Å². The second-order valence-corrected chi connectivity index (χ2v) is 5.22. The molecule has 0 amide bonds. The minimum absolute atomic E-state index is 0.334. The summed E-state index contributed by atoms with van der Waals surface area (Å²) in [5.74, 6) is -0.334. The zero-order valence-electron chi connectivity index (χ0n) is 10.8. The van der Waals surface area contributed by atoms with Crippen LogP contribution in [0.25, 0.3) is 22.2 Å². The summed E-state index contributed by atoms with van der Waals surface area (Å²) < 4.78 is 5.75. The summed E-state index contributed by atoms with van der Waals surface area (Å²) in [7, 11) is 1.38. The molecule has 0 bridgehead atoms. The van der Waals surface area contributed by atoms with Gasteiger partial charge in [-0.25, -0.2) is 4.79 Å². The number of H-pyrrole nitrogens is 1. The Kier molecular flexibility index (Phi) is 3.32. The summed E-state index contributed by atoms with van der Waals surface area (Å²) in [5.41, 5.74) is 3.49. The van der Waals surface area contributed by atoms with Crippen molar-refractivity contribution in [3.05, 3.63) is 58.6 Å². The summed E-state index contributed by atoms with van der Waals surface area (Å²) in [6.07, 6.45) is 0. The fraction of sp³-hybridized carbons (Fsp3) is 0.0625. The molecular formula is C16H12BrNO2. The lowest BCUT2D eigenvalue weighted by Gasteiger charge is -2.03. The molecule has 0 radical (unpaired) electrons. The Hall–Kier alpha value is -2.07. The van der Waals surface area contributed by atoms with E-state index in [0.717, 1.165) is 26.6 Å². The number of aromatic amines is 1. The van der Waals surface area contributed by atoms with Gasteiger partial charge in [-0.15, -0.1) is 0 Å². The molecule has 100 valence electrons. The normalized spacial score (nSPS) is 10.7. The lowest BCUT2D eigenvalue weighted by Crippen LogP contribution is -2.00. The largest absolute Gasteiger partial charge is 0.465 e. The first-order valence-electron chi connectivity index (χ1n) is 6.15. The zero-order chi connectivity index (χ0) is 14.1. The van der Waals surface area contributed by atoms with E-state index in [2.05, 4.69) is 20.9 Å². The molecule has 0 aliphatic heterocycles. The van der Waals surface area contributed by atoms with Crippen LogP contribution in [-0.4, -0.2) is 18.1 Å². The second kappa shape index (κ2) is 5.13. The molecule has 3 rings (SSSR count). The highest BCUT2D eigenvalue weighted by Crippen LogP contribution is 2.34. The van der Waals surface area contributed by atoms with Gasteiger partial charge in [0.25, 0.3) is 0 Å². The van der Waals surface area contributed by atoms with E-state index in [-0.39, 0.29) is 5.97 Å². The summed E-state index contributed by atoms with van der Waals surface area (Å²) in [5, 5.41) is 1.12. The third-order valence-corrected chi connectivity index (χ3v) is 4.04. The second-order valence-electron chi connectivity index (χ2n) is 4.43. The first-order valence-corrected chi connectivity index (χ1v) is 6.95. The van der Waals surface area contributed by atoms with Gasteiger partial charge in [-0.1, -0.05) is 30.3 Å². The number of methoxy groups -OCH3 is 1. The average molecular weight is 330 g/mol.